The molecule has 0 saturated heterocycles. The van der Waals surface area contributed by atoms with Crippen LogP contribution in [0.2, 0.25) is 6.82 Å². The molecule has 2 aliphatic carbocycles. The van der Waals surface area contributed by atoms with Crippen molar-refractivity contribution in [3.05, 3.63) is 178 Å². The van der Waals surface area contributed by atoms with Gasteiger partial charge in [-0.15, -0.1) is 5.10 Å². The standard InChI is InChI=1S/C68H74BN3O4/c1-10-44(5)40-73-64-36-56-57-37-65(74-41-45(6)11-2)67(76-43-47(8)13-4)39-61(57)68(60(56)38-66(64)75-42-46(7)12-3)58-34-50(20-18-48-22-28-52(69-9)29-23-48)26-32-54(58)55-33-27-51(35-59(55)68)21-19-49-24-30-53(31-25-49)72-63-17-15-14-16-62(63)70-71-72/h14-39,44-47,69H,10-13,40-43H2,1-9H3/b20-18+,21-19+. The molecule has 7 aromatic carbocycles. The first-order valence-corrected chi connectivity index (χ1v) is 28.1. The van der Waals surface area contributed by atoms with Gasteiger partial charge >= 0.3 is 0 Å². The third-order valence-corrected chi connectivity index (χ3v) is 16.1. The van der Waals surface area contributed by atoms with Crippen LogP contribution in [0.15, 0.2) is 133 Å². The molecule has 4 atom stereocenters. The third-order valence-electron chi connectivity index (χ3n) is 16.1. The lowest BCUT2D eigenvalue weighted by atomic mass is 9.70. The normalized spacial score (nSPS) is 15.9. The van der Waals surface area contributed by atoms with Crippen LogP contribution < -0.4 is 24.4 Å². The molecule has 10 rings (SSSR count). The molecule has 0 N–H and O–H groups in total. The van der Waals surface area contributed by atoms with Crippen LogP contribution in [-0.2, 0) is 5.41 Å². The summed E-state index contributed by atoms with van der Waals surface area (Å²) in [5.74, 6) is 4.58. The minimum absolute atomic E-state index is 0.366. The van der Waals surface area contributed by atoms with E-state index in [1.807, 2.05) is 22.9 Å². The van der Waals surface area contributed by atoms with E-state index in [0.29, 0.717) is 50.1 Å². The van der Waals surface area contributed by atoms with Gasteiger partial charge in [0.2, 0.25) is 0 Å². The van der Waals surface area contributed by atoms with Gasteiger partial charge in [-0.2, -0.15) is 0 Å². The maximum atomic E-state index is 6.95. The number of hydrogen-bond donors (Lipinski definition) is 0. The van der Waals surface area contributed by atoms with E-state index in [-0.39, 0.29) is 0 Å². The number of nitrogens with zero attached hydrogens (tertiary/aromatic N) is 3. The van der Waals surface area contributed by atoms with Gasteiger partial charge in [-0.25, -0.2) is 4.68 Å². The molecule has 1 spiro atoms. The second kappa shape index (κ2) is 22.9. The minimum atomic E-state index is -0.762. The molecule has 0 saturated carbocycles. The van der Waals surface area contributed by atoms with Crippen molar-refractivity contribution >= 4 is 48.1 Å². The highest BCUT2D eigenvalue weighted by atomic mass is 16.5. The van der Waals surface area contributed by atoms with Crippen LogP contribution >= 0.6 is 0 Å². The summed E-state index contributed by atoms with van der Waals surface area (Å²) in [6.07, 6.45) is 13.0. The van der Waals surface area contributed by atoms with Crippen molar-refractivity contribution in [2.24, 2.45) is 23.7 Å². The summed E-state index contributed by atoms with van der Waals surface area (Å²) < 4.78 is 29.5. The van der Waals surface area contributed by atoms with E-state index in [1.54, 1.807) is 0 Å². The van der Waals surface area contributed by atoms with Gasteiger partial charge in [0, 0.05) is 0 Å². The number of hydrogen-bond acceptors (Lipinski definition) is 6. The first kappa shape index (κ1) is 52.1. The van der Waals surface area contributed by atoms with Crippen molar-refractivity contribution in [3.63, 3.8) is 0 Å². The van der Waals surface area contributed by atoms with E-state index < -0.39 is 5.41 Å². The Hall–Kier alpha value is -7.32. The Morgan fingerprint density at radius 1 is 0.461 bits per heavy atom. The summed E-state index contributed by atoms with van der Waals surface area (Å²) in [7, 11) is 1.01. The Balaban J connectivity index is 1.19. The van der Waals surface area contributed by atoms with Crippen LogP contribution in [0.4, 0.5) is 0 Å². The summed E-state index contributed by atoms with van der Waals surface area (Å²) >= 11 is 0. The molecule has 0 bridgehead atoms. The molecular formula is C68H74BN3O4. The molecular weight excluding hydrogens is 934 g/mol. The fraction of sp³-hybridized carbons (Fsp3) is 0.324. The average Bonchev–Trinajstić information content (AvgIpc) is 4.27. The Morgan fingerprint density at radius 2 is 0.855 bits per heavy atom. The molecule has 76 heavy (non-hydrogen) atoms. The van der Waals surface area contributed by atoms with Gasteiger partial charge in [0.15, 0.2) is 30.3 Å². The average molecular weight is 1010 g/mol. The Labute approximate surface area is 452 Å². The Morgan fingerprint density at radius 3 is 1.30 bits per heavy atom. The second-order valence-corrected chi connectivity index (χ2v) is 21.7. The maximum absolute atomic E-state index is 6.95. The minimum Gasteiger partial charge on any atom is -0.489 e. The maximum Gasteiger partial charge on any atom is 0.161 e. The van der Waals surface area contributed by atoms with E-state index >= 15 is 0 Å². The van der Waals surface area contributed by atoms with Crippen molar-refractivity contribution in [2.75, 3.05) is 26.4 Å². The lowest BCUT2D eigenvalue weighted by molar-refractivity contribution is 0.217. The van der Waals surface area contributed by atoms with E-state index in [1.165, 1.54) is 33.3 Å². The number of ether oxygens (including phenoxy) is 4. The number of rotatable bonds is 22. The number of benzene rings is 7. The summed E-state index contributed by atoms with van der Waals surface area (Å²) in [6.45, 7) is 22.5. The van der Waals surface area contributed by atoms with Gasteiger partial charge < -0.3 is 18.9 Å². The van der Waals surface area contributed by atoms with E-state index in [2.05, 4.69) is 212 Å². The second-order valence-electron chi connectivity index (χ2n) is 21.7. The van der Waals surface area contributed by atoms with Crippen LogP contribution in [0.3, 0.4) is 0 Å². The van der Waals surface area contributed by atoms with Gasteiger partial charge in [-0.3, -0.25) is 0 Å². The van der Waals surface area contributed by atoms with Crippen molar-refractivity contribution < 1.29 is 18.9 Å². The molecule has 388 valence electrons. The zero-order valence-corrected chi connectivity index (χ0v) is 46.2. The Kier molecular flexibility index (Phi) is 15.7. The molecule has 8 aromatic rings. The molecule has 4 unspecified atom stereocenters. The lowest BCUT2D eigenvalue weighted by Crippen LogP contribution is -2.26. The first-order chi connectivity index (χ1) is 37.0. The summed E-state index contributed by atoms with van der Waals surface area (Å²) in [5.41, 5.74) is 17.3. The van der Waals surface area contributed by atoms with Gasteiger partial charge in [0.05, 0.1) is 43.0 Å². The predicted molar refractivity (Wildman–Crippen MR) is 318 cm³/mol. The van der Waals surface area contributed by atoms with Crippen molar-refractivity contribution in [1.29, 1.82) is 0 Å². The molecule has 2 aliphatic rings. The van der Waals surface area contributed by atoms with Crippen molar-refractivity contribution in [2.45, 2.75) is 93.3 Å². The first-order valence-electron chi connectivity index (χ1n) is 28.1. The summed E-state index contributed by atoms with van der Waals surface area (Å²) in [4.78, 5) is 0. The van der Waals surface area contributed by atoms with Gasteiger partial charge in [-0.1, -0.05) is 196 Å². The third kappa shape index (κ3) is 10.4. The van der Waals surface area contributed by atoms with Gasteiger partial charge in [-0.05, 0) is 151 Å². The Bertz CT molecular complexity index is 3310. The zero-order valence-electron chi connectivity index (χ0n) is 46.2. The number of para-hydroxylation sites is 1. The van der Waals surface area contributed by atoms with Gasteiger partial charge in [0.1, 0.15) is 5.52 Å². The molecule has 1 heterocycles. The topological polar surface area (TPSA) is 67.6 Å². The number of fused-ring (bicyclic) bond motifs is 11. The SMILES string of the molecule is CBc1ccc(/C=C/c2ccc3c(c2)C2(c4cc(/C=C/c5ccc(-n6nnc7ccccc76)cc5)ccc4-3)c3cc(OCC(C)CC)c(OCC(C)CC)cc3-c3cc(OCC(C)CC)c(OCC(C)CC)cc32)cc1. The quantitative estimate of drug-likeness (QED) is 0.0498. The molecule has 1 aromatic heterocycles. The highest BCUT2D eigenvalue weighted by molar-refractivity contribution is 6.51. The fourth-order valence-corrected chi connectivity index (χ4v) is 10.4. The van der Waals surface area contributed by atoms with Crippen LogP contribution in [-0.4, -0.2) is 48.7 Å². The molecule has 8 heteroatoms. The molecule has 0 fully saturated rings. The summed E-state index contributed by atoms with van der Waals surface area (Å²) in [5, 5.41) is 8.85. The fourth-order valence-electron chi connectivity index (χ4n) is 10.4. The molecule has 0 amide bonds. The highest BCUT2D eigenvalue weighted by Gasteiger charge is 2.53. The lowest BCUT2D eigenvalue weighted by Gasteiger charge is -2.32. The monoisotopic (exact) mass is 1010 g/mol. The van der Waals surface area contributed by atoms with E-state index in [0.717, 1.165) is 112 Å². The van der Waals surface area contributed by atoms with Crippen molar-refractivity contribution in [1.82, 2.24) is 15.0 Å². The van der Waals surface area contributed by atoms with E-state index in [4.69, 9.17) is 18.9 Å². The highest BCUT2D eigenvalue weighted by Crippen LogP contribution is 2.65. The van der Waals surface area contributed by atoms with Crippen LogP contribution in [0.25, 0.3) is 63.3 Å². The molecule has 0 aliphatic heterocycles. The van der Waals surface area contributed by atoms with Gasteiger partial charge in [0.25, 0.3) is 0 Å². The number of aromatic nitrogens is 3. The molecule has 7 nitrogen and oxygen atoms in total. The van der Waals surface area contributed by atoms with Crippen LogP contribution in [0.5, 0.6) is 23.0 Å². The predicted octanol–water partition coefficient (Wildman–Crippen LogP) is 15.9. The van der Waals surface area contributed by atoms with E-state index in [9.17, 15) is 0 Å². The smallest absolute Gasteiger partial charge is 0.161 e. The zero-order chi connectivity index (χ0) is 52.9. The van der Waals surface area contributed by atoms with Crippen molar-refractivity contribution in [3.8, 4) is 50.9 Å². The summed E-state index contributed by atoms with van der Waals surface area (Å²) in [6, 6.07) is 48.7. The van der Waals surface area contributed by atoms with Crippen LogP contribution in [0.1, 0.15) is 126 Å². The largest absolute Gasteiger partial charge is 0.489 e. The van der Waals surface area contributed by atoms with Crippen LogP contribution in [0, 0.1) is 23.7 Å². The molecule has 0 radical (unpaired) electrons.